The van der Waals surface area contributed by atoms with Gasteiger partial charge in [-0.15, -0.1) is 0 Å². The molecule has 5 heteroatoms. The molecule has 0 aromatic heterocycles. The van der Waals surface area contributed by atoms with Gasteiger partial charge in [0.2, 0.25) is 5.91 Å². The van der Waals surface area contributed by atoms with Crippen LogP contribution in [0.2, 0.25) is 0 Å². The van der Waals surface area contributed by atoms with Crippen molar-refractivity contribution >= 4 is 11.9 Å². The molecule has 1 saturated heterocycles. The number of carbonyl (C=O) groups is 2. The predicted molar refractivity (Wildman–Crippen MR) is 81.3 cm³/mol. The fourth-order valence-electron chi connectivity index (χ4n) is 2.83. The van der Waals surface area contributed by atoms with Gasteiger partial charge in [-0.25, -0.2) is 14.8 Å². The van der Waals surface area contributed by atoms with Crippen molar-refractivity contribution in [2.75, 3.05) is 6.54 Å². The summed E-state index contributed by atoms with van der Waals surface area (Å²) in [4.78, 5) is 24.5. The smallest absolute Gasteiger partial charge is 0.338 e. The van der Waals surface area contributed by atoms with Crippen LogP contribution < -0.4 is 0 Å². The van der Waals surface area contributed by atoms with E-state index in [-0.39, 0.29) is 17.9 Å². The Kier molecular flexibility index (Phi) is 3.53. The van der Waals surface area contributed by atoms with E-state index >= 15 is 0 Å². The first-order chi connectivity index (χ1) is 10.4. The van der Waals surface area contributed by atoms with Gasteiger partial charge in [0.05, 0.1) is 11.6 Å². The largest absolute Gasteiger partial charge is 0.457 e. The zero-order valence-electron chi connectivity index (χ0n) is 13.1. The molecule has 22 heavy (non-hydrogen) atoms. The normalized spacial score (nSPS) is 21.8. The number of benzene rings is 1. The molecule has 0 saturated carbocycles. The van der Waals surface area contributed by atoms with Gasteiger partial charge in [-0.3, -0.25) is 4.79 Å². The molecule has 1 aromatic rings. The topological polar surface area (TPSA) is 49.9 Å². The number of hydrogen-bond donors (Lipinski definition) is 0. The molecule has 0 aliphatic carbocycles. The summed E-state index contributed by atoms with van der Waals surface area (Å²) in [6.07, 6.45) is 2.10. The minimum atomic E-state index is -0.564. The Hall–Kier alpha value is -2.14. The number of carbonyl (C=O) groups excluding carboxylic acids is 2. The van der Waals surface area contributed by atoms with E-state index in [1.165, 1.54) is 0 Å². The summed E-state index contributed by atoms with van der Waals surface area (Å²) < 4.78 is 5.50. The van der Waals surface area contributed by atoms with Crippen molar-refractivity contribution in [3.05, 3.63) is 47.7 Å². The Bertz CT molecular complexity index is 631. The van der Waals surface area contributed by atoms with Gasteiger partial charge in [0.25, 0.3) is 0 Å². The lowest BCUT2D eigenvalue weighted by Crippen LogP contribution is -2.34. The molecule has 2 aliphatic heterocycles. The Labute approximate surface area is 130 Å². The molecule has 0 unspecified atom stereocenters. The van der Waals surface area contributed by atoms with Crippen molar-refractivity contribution in [1.82, 2.24) is 10.0 Å². The van der Waals surface area contributed by atoms with Crippen molar-refractivity contribution < 1.29 is 14.3 Å². The highest BCUT2D eigenvalue weighted by Gasteiger charge is 2.44. The summed E-state index contributed by atoms with van der Waals surface area (Å²) in [5.74, 6) is -0.358. The monoisotopic (exact) mass is 300 g/mol. The van der Waals surface area contributed by atoms with Crippen LogP contribution in [-0.4, -0.2) is 34.0 Å². The lowest BCUT2D eigenvalue weighted by Gasteiger charge is -2.27. The van der Waals surface area contributed by atoms with Crippen LogP contribution >= 0.6 is 0 Å². The summed E-state index contributed by atoms with van der Waals surface area (Å²) in [7, 11) is 0. The second kappa shape index (κ2) is 5.25. The first-order valence-electron chi connectivity index (χ1n) is 7.45. The van der Waals surface area contributed by atoms with Crippen LogP contribution in [0, 0.1) is 0 Å². The molecule has 0 radical (unpaired) electrons. The number of hydrogen-bond acceptors (Lipinski definition) is 4. The highest BCUT2D eigenvalue weighted by Crippen LogP contribution is 2.39. The zero-order valence-corrected chi connectivity index (χ0v) is 13.1. The van der Waals surface area contributed by atoms with E-state index in [2.05, 4.69) is 0 Å². The number of fused-ring (bicyclic) bond motifs is 1. The molecule has 1 amide bonds. The fourth-order valence-corrected chi connectivity index (χ4v) is 2.83. The molecule has 2 heterocycles. The Morgan fingerprint density at radius 2 is 1.91 bits per heavy atom. The van der Waals surface area contributed by atoms with Crippen LogP contribution in [0.5, 0.6) is 0 Å². The second-order valence-electron chi connectivity index (χ2n) is 6.55. The lowest BCUT2D eigenvalue weighted by atomic mass is 9.99. The van der Waals surface area contributed by atoms with Gasteiger partial charge in [-0.1, -0.05) is 30.3 Å². The Balaban J connectivity index is 1.96. The van der Waals surface area contributed by atoms with Crippen LogP contribution in [0.25, 0.3) is 0 Å². The first-order valence-corrected chi connectivity index (χ1v) is 7.45. The maximum Gasteiger partial charge on any atom is 0.338 e. The Morgan fingerprint density at radius 1 is 1.23 bits per heavy atom. The highest BCUT2D eigenvalue weighted by atomic mass is 16.6. The fraction of sp³-hybridized carbons (Fsp3) is 0.412. The van der Waals surface area contributed by atoms with Crippen LogP contribution in [0.15, 0.2) is 42.1 Å². The number of rotatable bonds is 2. The molecule has 0 N–H and O–H groups in total. The Morgan fingerprint density at radius 3 is 2.55 bits per heavy atom. The number of ether oxygens (including phenoxy) is 1. The standard InChI is InChI=1S/C17H20N2O3/c1-17(2,3)22-16(21)13-11-19-14(20)9-10-18(19)15(13)12-7-5-4-6-8-12/h4-8,11,15H,9-10H2,1-3H3/t15-/m1/s1. The number of esters is 1. The van der Waals surface area contributed by atoms with Gasteiger partial charge in [0, 0.05) is 19.2 Å². The second-order valence-corrected chi connectivity index (χ2v) is 6.55. The SMILES string of the molecule is CC(C)(C)OC(=O)C1=CN2C(=O)CCN2[C@@H]1c1ccccc1. The summed E-state index contributed by atoms with van der Waals surface area (Å²) in [5, 5.41) is 3.48. The van der Waals surface area contributed by atoms with E-state index in [1.807, 2.05) is 56.1 Å². The summed E-state index contributed by atoms with van der Waals surface area (Å²) >= 11 is 0. The van der Waals surface area contributed by atoms with Gasteiger partial charge in [0.15, 0.2) is 0 Å². The maximum atomic E-state index is 12.5. The molecule has 1 atom stereocenters. The van der Waals surface area contributed by atoms with Gasteiger partial charge in [-0.2, -0.15) is 0 Å². The lowest BCUT2D eigenvalue weighted by molar-refractivity contribution is -0.150. The van der Waals surface area contributed by atoms with E-state index in [9.17, 15) is 9.59 Å². The van der Waals surface area contributed by atoms with Gasteiger partial charge >= 0.3 is 5.97 Å². The summed E-state index contributed by atoms with van der Waals surface area (Å²) in [6.45, 7) is 6.13. The van der Waals surface area contributed by atoms with Crippen molar-refractivity contribution in [3.63, 3.8) is 0 Å². The molecule has 116 valence electrons. The first kappa shape index (κ1) is 14.8. The number of nitrogens with zero attached hydrogens (tertiary/aromatic N) is 2. The van der Waals surface area contributed by atoms with Gasteiger partial charge in [0.1, 0.15) is 5.60 Å². The molecule has 1 fully saturated rings. The predicted octanol–water partition coefficient (Wildman–Crippen LogP) is 2.42. The third-order valence-corrected chi connectivity index (χ3v) is 3.69. The van der Waals surface area contributed by atoms with Crippen LogP contribution in [0.4, 0.5) is 0 Å². The third-order valence-electron chi connectivity index (χ3n) is 3.69. The molecule has 0 spiro atoms. The average molecular weight is 300 g/mol. The van der Waals surface area contributed by atoms with Crippen LogP contribution in [0.1, 0.15) is 38.8 Å². The van der Waals surface area contributed by atoms with Crippen molar-refractivity contribution in [1.29, 1.82) is 0 Å². The molecular formula is C17H20N2O3. The van der Waals surface area contributed by atoms with Gasteiger partial charge in [-0.05, 0) is 26.3 Å². The average Bonchev–Trinajstić information content (AvgIpc) is 2.98. The summed E-state index contributed by atoms with van der Waals surface area (Å²) in [6, 6.07) is 9.47. The molecule has 1 aromatic carbocycles. The van der Waals surface area contributed by atoms with E-state index in [4.69, 9.17) is 4.74 Å². The van der Waals surface area contributed by atoms with Gasteiger partial charge < -0.3 is 4.74 Å². The molecule has 3 rings (SSSR count). The zero-order chi connectivity index (χ0) is 15.9. The molecular weight excluding hydrogens is 280 g/mol. The molecule has 5 nitrogen and oxygen atoms in total. The minimum absolute atomic E-state index is 0.0134. The number of amides is 1. The third kappa shape index (κ3) is 2.64. The molecule has 2 aliphatic rings. The number of hydrazine groups is 1. The van der Waals surface area contributed by atoms with Crippen LogP contribution in [-0.2, 0) is 14.3 Å². The van der Waals surface area contributed by atoms with Crippen molar-refractivity contribution in [3.8, 4) is 0 Å². The van der Waals surface area contributed by atoms with Crippen LogP contribution in [0.3, 0.4) is 0 Å². The van der Waals surface area contributed by atoms with E-state index in [1.54, 1.807) is 11.2 Å². The van der Waals surface area contributed by atoms with Crippen molar-refractivity contribution in [2.45, 2.75) is 38.8 Å². The molecule has 0 bridgehead atoms. The minimum Gasteiger partial charge on any atom is -0.457 e. The van der Waals surface area contributed by atoms with E-state index in [0.29, 0.717) is 18.5 Å². The highest BCUT2D eigenvalue weighted by molar-refractivity contribution is 5.93. The maximum absolute atomic E-state index is 12.5. The van der Waals surface area contributed by atoms with E-state index < -0.39 is 5.60 Å². The van der Waals surface area contributed by atoms with E-state index in [0.717, 1.165) is 5.56 Å². The van der Waals surface area contributed by atoms with Crippen molar-refractivity contribution in [2.24, 2.45) is 0 Å². The quantitative estimate of drug-likeness (QED) is 0.787. The summed E-state index contributed by atoms with van der Waals surface area (Å²) in [5.41, 5.74) is 0.928.